The van der Waals surface area contributed by atoms with E-state index < -0.39 is 24.2 Å². The van der Waals surface area contributed by atoms with Gasteiger partial charge in [-0.3, -0.25) is 0 Å². The first kappa shape index (κ1) is 18.1. The molecule has 1 atom stereocenters. The van der Waals surface area contributed by atoms with Crippen LogP contribution in [-0.4, -0.2) is 60.5 Å². The molecule has 0 saturated carbocycles. The Bertz CT molecular complexity index is 404. The maximum Gasteiger partial charge on any atom is 0.408 e. The molecule has 8 nitrogen and oxygen atoms in total. The van der Waals surface area contributed by atoms with Crippen molar-refractivity contribution in [3.8, 4) is 0 Å². The number of alkyl carbamates (subject to hydrolysis) is 1. The van der Waals surface area contributed by atoms with Gasteiger partial charge in [-0.15, -0.1) is 0 Å². The second kappa shape index (κ2) is 8.45. The summed E-state index contributed by atoms with van der Waals surface area (Å²) in [6.07, 6.45) is -0.623. The number of hydrogen-bond donors (Lipinski definition) is 2. The monoisotopic (exact) mass is 316 g/mol. The molecule has 0 bridgehead atoms. The third-order valence-electron chi connectivity index (χ3n) is 3.47. The number of hydrogen-bond acceptors (Lipinski definition) is 5. The molecule has 126 valence electrons. The van der Waals surface area contributed by atoms with Crippen LogP contribution < -0.4 is 5.32 Å². The number of ether oxygens (including phenoxy) is 2. The van der Waals surface area contributed by atoms with E-state index >= 15 is 0 Å². The van der Waals surface area contributed by atoms with Crippen LogP contribution in [0.15, 0.2) is 0 Å². The lowest BCUT2D eigenvalue weighted by Gasteiger charge is -2.30. The standard InChI is InChI=1S/C14H24N2O6/c1-9(2)8-11(12(17)21-3)15-13(18)22-10-4-6-16(7-5-10)14(19)20/h9-11H,4-8H2,1-3H3,(H,15,18)(H,19,20). The van der Waals surface area contributed by atoms with Crippen molar-refractivity contribution < 1.29 is 29.0 Å². The number of carbonyl (C=O) groups excluding carboxylic acids is 2. The van der Waals surface area contributed by atoms with Gasteiger partial charge in [0.1, 0.15) is 12.1 Å². The molecule has 0 radical (unpaired) electrons. The SMILES string of the molecule is COC(=O)C(CC(C)C)NC(=O)OC1CCN(C(=O)O)CC1. The first-order valence-electron chi connectivity index (χ1n) is 7.36. The zero-order valence-corrected chi connectivity index (χ0v) is 13.2. The molecule has 0 aromatic rings. The van der Waals surface area contributed by atoms with Crippen molar-refractivity contribution in [2.45, 2.75) is 45.3 Å². The normalized spacial score (nSPS) is 17.0. The van der Waals surface area contributed by atoms with Gasteiger partial charge in [-0.2, -0.15) is 0 Å². The number of nitrogens with zero attached hydrogens (tertiary/aromatic N) is 1. The summed E-state index contributed by atoms with van der Waals surface area (Å²) < 4.78 is 9.91. The molecule has 0 aromatic carbocycles. The average Bonchev–Trinajstić information content (AvgIpc) is 2.45. The van der Waals surface area contributed by atoms with Crippen molar-refractivity contribution in [2.75, 3.05) is 20.2 Å². The summed E-state index contributed by atoms with van der Waals surface area (Å²) >= 11 is 0. The lowest BCUT2D eigenvalue weighted by atomic mass is 10.0. The van der Waals surface area contributed by atoms with Crippen LogP contribution in [0.3, 0.4) is 0 Å². The van der Waals surface area contributed by atoms with Gasteiger partial charge >= 0.3 is 18.2 Å². The number of nitrogens with one attached hydrogen (secondary N) is 1. The van der Waals surface area contributed by atoms with E-state index in [2.05, 4.69) is 10.1 Å². The third kappa shape index (κ3) is 5.79. The van der Waals surface area contributed by atoms with Crippen LogP contribution in [0.2, 0.25) is 0 Å². The summed E-state index contributed by atoms with van der Waals surface area (Å²) in [5, 5.41) is 11.4. The molecule has 1 rings (SSSR count). The van der Waals surface area contributed by atoms with Gasteiger partial charge in [0.05, 0.1) is 7.11 Å². The van der Waals surface area contributed by atoms with Crippen LogP contribution in [0, 0.1) is 5.92 Å². The van der Waals surface area contributed by atoms with Crippen molar-refractivity contribution in [3.63, 3.8) is 0 Å². The Kier molecular flexibility index (Phi) is 6.94. The molecule has 1 unspecified atom stereocenters. The smallest absolute Gasteiger partial charge is 0.408 e. The summed E-state index contributed by atoms with van der Waals surface area (Å²) in [6.45, 7) is 4.54. The van der Waals surface area contributed by atoms with Crippen molar-refractivity contribution in [3.05, 3.63) is 0 Å². The van der Waals surface area contributed by atoms with Gasteiger partial charge in [0.2, 0.25) is 0 Å². The maximum absolute atomic E-state index is 11.9. The van der Waals surface area contributed by atoms with Crippen LogP contribution in [0.5, 0.6) is 0 Å². The van der Waals surface area contributed by atoms with Crippen LogP contribution in [0.25, 0.3) is 0 Å². The van der Waals surface area contributed by atoms with Crippen LogP contribution in [0.4, 0.5) is 9.59 Å². The zero-order valence-electron chi connectivity index (χ0n) is 13.2. The lowest BCUT2D eigenvalue weighted by molar-refractivity contribution is -0.143. The van der Waals surface area contributed by atoms with Gasteiger partial charge in [0.25, 0.3) is 0 Å². The van der Waals surface area contributed by atoms with E-state index in [-0.39, 0.29) is 12.0 Å². The predicted octanol–water partition coefficient (Wildman–Crippen LogP) is 1.44. The average molecular weight is 316 g/mol. The Balaban J connectivity index is 2.44. The maximum atomic E-state index is 11.9. The van der Waals surface area contributed by atoms with E-state index in [0.29, 0.717) is 32.4 Å². The number of carboxylic acid groups (broad SMARTS) is 1. The van der Waals surface area contributed by atoms with Crippen molar-refractivity contribution in [2.24, 2.45) is 5.92 Å². The number of likely N-dealkylation sites (tertiary alicyclic amines) is 1. The molecule has 1 heterocycles. The Morgan fingerprint density at radius 2 is 1.86 bits per heavy atom. The first-order valence-corrected chi connectivity index (χ1v) is 7.36. The molecule has 2 amide bonds. The van der Waals surface area contributed by atoms with Crippen molar-refractivity contribution in [1.29, 1.82) is 0 Å². The Morgan fingerprint density at radius 3 is 2.32 bits per heavy atom. The fourth-order valence-corrected chi connectivity index (χ4v) is 2.32. The van der Waals surface area contributed by atoms with Crippen LogP contribution >= 0.6 is 0 Å². The number of methoxy groups -OCH3 is 1. The topological polar surface area (TPSA) is 105 Å². The van der Waals surface area contributed by atoms with Crippen LogP contribution in [0.1, 0.15) is 33.1 Å². The molecule has 0 aromatic heterocycles. The fraction of sp³-hybridized carbons (Fsp3) is 0.786. The van der Waals surface area contributed by atoms with E-state index in [1.807, 2.05) is 13.8 Å². The number of amides is 2. The Labute approximate surface area is 129 Å². The lowest BCUT2D eigenvalue weighted by Crippen LogP contribution is -2.46. The molecular weight excluding hydrogens is 292 g/mol. The summed E-state index contributed by atoms with van der Waals surface area (Å²) in [4.78, 5) is 35.6. The molecule has 1 aliphatic rings. The highest BCUT2D eigenvalue weighted by Crippen LogP contribution is 2.14. The second-order valence-corrected chi connectivity index (χ2v) is 5.72. The molecular formula is C14H24N2O6. The number of esters is 1. The van der Waals surface area contributed by atoms with Gasteiger partial charge in [-0.25, -0.2) is 14.4 Å². The Hall–Kier alpha value is -1.99. The molecule has 22 heavy (non-hydrogen) atoms. The van der Waals surface area contributed by atoms with Gasteiger partial charge in [0, 0.05) is 25.9 Å². The fourth-order valence-electron chi connectivity index (χ4n) is 2.32. The zero-order chi connectivity index (χ0) is 16.7. The van der Waals surface area contributed by atoms with Gasteiger partial charge < -0.3 is 24.8 Å². The largest absolute Gasteiger partial charge is 0.467 e. The van der Waals surface area contributed by atoms with Crippen molar-refractivity contribution in [1.82, 2.24) is 10.2 Å². The molecule has 8 heteroatoms. The molecule has 2 N–H and O–H groups in total. The second-order valence-electron chi connectivity index (χ2n) is 5.72. The predicted molar refractivity (Wildman–Crippen MR) is 77.5 cm³/mol. The summed E-state index contributed by atoms with van der Waals surface area (Å²) in [5.74, 6) is -0.297. The first-order chi connectivity index (χ1) is 10.3. The minimum atomic E-state index is -0.967. The number of carbonyl (C=O) groups is 3. The molecule has 0 spiro atoms. The van der Waals surface area contributed by atoms with E-state index in [9.17, 15) is 14.4 Å². The van der Waals surface area contributed by atoms with Gasteiger partial charge in [-0.05, 0) is 12.3 Å². The third-order valence-corrected chi connectivity index (χ3v) is 3.47. The van der Waals surface area contributed by atoms with E-state index in [4.69, 9.17) is 9.84 Å². The minimum absolute atomic E-state index is 0.211. The number of piperidine rings is 1. The number of rotatable bonds is 5. The van der Waals surface area contributed by atoms with Crippen molar-refractivity contribution >= 4 is 18.2 Å². The van der Waals surface area contributed by atoms with E-state index in [1.54, 1.807) is 0 Å². The summed E-state index contributed by atoms with van der Waals surface area (Å²) in [7, 11) is 1.27. The van der Waals surface area contributed by atoms with Gasteiger partial charge in [0.15, 0.2) is 0 Å². The quantitative estimate of drug-likeness (QED) is 0.744. The van der Waals surface area contributed by atoms with E-state index in [1.165, 1.54) is 12.0 Å². The summed E-state index contributed by atoms with van der Waals surface area (Å²) in [6, 6.07) is -0.739. The molecule has 1 fully saturated rings. The van der Waals surface area contributed by atoms with E-state index in [0.717, 1.165) is 0 Å². The highest BCUT2D eigenvalue weighted by atomic mass is 16.6. The molecule has 1 aliphatic heterocycles. The van der Waals surface area contributed by atoms with Crippen LogP contribution in [-0.2, 0) is 14.3 Å². The molecule has 1 saturated heterocycles. The highest BCUT2D eigenvalue weighted by Gasteiger charge is 2.27. The minimum Gasteiger partial charge on any atom is -0.467 e. The Morgan fingerprint density at radius 1 is 1.27 bits per heavy atom. The summed E-state index contributed by atoms with van der Waals surface area (Å²) in [5.41, 5.74) is 0. The highest BCUT2D eigenvalue weighted by molar-refractivity contribution is 5.81. The van der Waals surface area contributed by atoms with Gasteiger partial charge in [-0.1, -0.05) is 13.8 Å². The molecule has 0 aliphatic carbocycles.